The molecule has 0 amide bonds. The number of nitrogens with two attached hydrogens (primary N) is 1. The molecule has 0 aromatic carbocycles. The van der Waals surface area contributed by atoms with Gasteiger partial charge < -0.3 is 10.8 Å². The van der Waals surface area contributed by atoms with E-state index in [0.717, 1.165) is 0 Å². The predicted octanol–water partition coefficient (Wildman–Crippen LogP) is 2.79. The van der Waals surface area contributed by atoms with Crippen molar-refractivity contribution in [3.63, 3.8) is 0 Å². The van der Waals surface area contributed by atoms with Gasteiger partial charge in [-0.05, 0) is 19.9 Å². The van der Waals surface area contributed by atoms with Crippen LogP contribution in [0.15, 0.2) is 17.6 Å². The minimum atomic E-state index is -1.19. The van der Waals surface area contributed by atoms with Crippen LogP contribution in [-0.2, 0) is 5.60 Å². The standard InChI is InChI=1S/C14H12ClN5OS/c1-14(2,21)9-5-7(8(6-16)12(17)18-9)10-11(15)19-13-20(10)3-4-22-13/h3-5,21H,1-2H3,(H2,17,18). The van der Waals surface area contributed by atoms with Crippen molar-refractivity contribution in [3.8, 4) is 17.3 Å². The number of nitriles is 1. The van der Waals surface area contributed by atoms with E-state index >= 15 is 0 Å². The Labute approximate surface area is 135 Å². The Morgan fingerprint density at radius 1 is 1.45 bits per heavy atom. The topological polar surface area (TPSA) is 100 Å². The van der Waals surface area contributed by atoms with Crippen LogP contribution < -0.4 is 5.73 Å². The fourth-order valence-corrected chi connectivity index (χ4v) is 3.22. The summed E-state index contributed by atoms with van der Waals surface area (Å²) < 4.78 is 1.79. The highest BCUT2D eigenvalue weighted by atomic mass is 35.5. The number of nitrogen functional groups attached to an aromatic ring is 1. The predicted molar refractivity (Wildman–Crippen MR) is 85.7 cm³/mol. The highest BCUT2D eigenvalue weighted by Gasteiger charge is 2.25. The van der Waals surface area contributed by atoms with E-state index in [1.807, 2.05) is 17.6 Å². The molecule has 0 unspecified atom stereocenters. The number of aliphatic hydroxyl groups is 1. The third-order valence-electron chi connectivity index (χ3n) is 3.26. The van der Waals surface area contributed by atoms with Gasteiger partial charge in [-0.25, -0.2) is 9.97 Å². The van der Waals surface area contributed by atoms with Crippen LogP contribution in [0.4, 0.5) is 5.82 Å². The van der Waals surface area contributed by atoms with Crippen molar-refractivity contribution in [2.75, 3.05) is 5.73 Å². The second kappa shape index (κ2) is 4.95. The molecular weight excluding hydrogens is 322 g/mol. The molecule has 3 rings (SSSR count). The van der Waals surface area contributed by atoms with Gasteiger partial charge >= 0.3 is 0 Å². The Balaban J connectivity index is 2.39. The molecule has 3 aromatic rings. The van der Waals surface area contributed by atoms with Crippen molar-refractivity contribution in [1.29, 1.82) is 5.26 Å². The quantitative estimate of drug-likeness (QED) is 0.751. The van der Waals surface area contributed by atoms with E-state index in [4.69, 9.17) is 17.3 Å². The maximum Gasteiger partial charge on any atom is 0.195 e. The zero-order valence-electron chi connectivity index (χ0n) is 11.8. The minimum Gasteiger partial charge on any atom is -0.384 e. The number of imidazole rings is 1. The number of fused-ring (bicyclic) bond motifs is 1. The lowest BCUT2D eigenvalue weighted by atomic mass is 9.98. The summed E-state index contributed by atoms with van der Waals surface area (Å²) in [6.45, 7) is 3.20. The van der Waals surface area contributed by atoms with Gasteiger partial charge in [0.15, 0.2) is 10.1 Å². The summed E-state index contributed by atoms with van der Waals surface area (Å²) in [7, 11) is 0. The summed E-state index contributed by atoms with van der Waals surface area (Å²) in [5.41, 5.74) is 6.34. The molecule has 0 atom stereocenters. The molecule has 3 N–H and O–H groups in total. The first-order chi connectivity index (χ1) is 10.3. The fourth-order valence-electron chi connectivity index (χ4n) is 2.18. The first-order valence-electron chi connectivity index (χ1n) is 6.38. The van der Waals surface area contributed by atoms with E-state index in [0.29, 0.717) is 21.9 Å². The van der Waals surface area contributed by atoms with Gasteiger partial charge in [0.25, 0.3) is 0 Å². The highest BCUT2D eigenvalue weighted by Crippen LogP contribution is 2.36. The number of aromatic nitrogens is 3. The monoisotopic (exact) mass is 333 g/mol. The number of nitrogens with zero attached hydrogens (tertiary/aromatic N) is 4. The van der Waals surface area contributed by atoms with Crippen LogP contribution in [0.25, 0.3) is 16.2 Å². The number of rotatable bonds is 2. The lowest BCUT2D eigenvalue weighted by molar-refractivity contribution is 0.0740. The molecule has 0 aliphatic heterocycles. The number of anilines is 1. The third-order valence-corrected chi connectivity index (χ3v) is 4.28. The molecule has 0 aliphatic rings. The SMILES string of the molecule is CC(C)(O)c1cc(-c2c(Cl)nc3sccn23)c(C#N)c(N)n1. The third kappa shape index (κ3) is 2.22. The van der Waals surface area contributed by atoms with E-state index in [9.17, 15) is 10.4 Å². The molecule has 0 saturated heterocycles. The zero-order valence-corrected chi connectivity index (χ0v) is 13.4. The van der Waals surface area contributed by atoms with Crippen LogP contribution in [0.5, 0.6) is 0 Å². The van der Waals surface area contributed by atoms with Gasteiger partial charge in [-0.15, -0.1) is 11.3 Å². The molecular formula is C14H12ClN5OS. The maximum absolute atomic E-state index is 10.2. The van der Waals surface area contributed by atoms with Crippen LogP contribution >= 0.6 is 22.9 Å². The molecule has 0 aliphatic carbocycles. The summed E-state index contributed by atoms with van der Waals surface area (Å²) in [4.78, 5) is 9.09. The molecule has 8 heteroatoms. The second-order valence-electron chi connectivity index (χ2n) is 5.29. The van der Waals surface area contributed by atoms with Crippen LogP contribution in [0, 0.1) is 11.3 Å². The van der Waals surface area contributed by atoms with Gasteiger partial charge in [-0.3, -0.25) is 4.40 Å². The largest absolute Gasteiger partial charge is 0.384 e. The summed E-state index contributed by atoms with van der Waals surface area (Å²) in [6.07, 6.45) is 1.82. The Morgan fingerprint density at radius 2 is 2.18 bits per heavy atom. The molecule has 3 heterocycles. The number of hydrogen-bond donors (Lipinski definition) is 2. The van der Waals surface area contributed by atoms with Crippen LogP contribution in [-0.4, -0.2) is 19.5 Å². The molecule has 0 bridgehead atoms. The van der Waals surface area contributed by atoms with Gasteiger partial charge in [-0.1, -0.05) is 11.6 Å². The molecule has 0 radical (unpaired) electrons. The van der Waals surface area contributed by atoms with E-state index < -0.39 is 5.60 Å². The Morgan fingerprint density at radius 3 is 2.82 bits per heavy atom. The Kier molecular flexibility index (Phi) is 3.33. The average molecular weight is 334 g/mol. The van der Waals surface area contributed by atoms with Crippen LogP contribution in [0.3, 0.4) is 0 Å². The molecule has 0 saturated carbocycles. The minimum absolute atomic E-state index is 0.0540. The molecule has 112 valence electrons. The lowest BCUT2D eigenvalue weighted by Crippen LogP contribution is -2.19. The van der Waals surface area contributed by atoms with Crippen molar-refractivity contribution in [2.45, 2.75) is 19.4 Å². The lowest BCUT2D eigenvalue weighted by Gasteiger charge is -2.19. The molecule has 22 heavy (non-hydrogen) atoms. The van der Waals surface area contributed by atoms with Crippen molar-refractivity contribution in [1.82, 2.24) is 14.4 Å². The van der Waals surface area contributed by atoms with Crippen LogP contribution in [0.2, 0.25) is 5.15 Å². The number of hydrogen-bond acceptors (Lipinski definition) is 6. The summed E-state index contributed by atoms with van der Waals surface area (Å²) in [5, 5.41) is 21.7. The zero-order chi connectivity index (χ0) is 16.1. The second-order valence-corrected chi connectivity index (χ2v) is 6.52. The van der Waals surface area contributed by atoms with Crippen molar-refractivity contribution in [3.05, 3.63) is 34.1 Å². The van der Waals surface area contributed by atoms with E-state index in [1.54, 1.807) is 24.3 Å². The summed E-state index contributed by atoms with van der Waals surface area (Å²) >= 11 is 7.67. The number of pyridine rings is 1. The van der Waals surface area contributed by atoms with Crippen molar-refractivity contribution >= 4 is 33.7 Å². The smallest absolute Gasteiger partial charge is 0.195 e. The Bertz CT molecular complexity index is 916. The van der Waals surface area contributed by atoms with E-state index in [-0.39, 0.29) is 16.5 Å². The fraction of sp³-hybridized carbons (Fsp3) is 0.214. The van der Waals surface area contributed by atoms with Crippen molar-refractivity contribution < 1.29 is 5.11 Å². The van der Waals surface area contributed by atoms with Gasteiger partial charge in [0, 0.05) is 17.1 Å². The molecule has 0 spiro atoms. The van der Waals surface area contributed by atoms with Gasteiger partial charge in [-0.2, -0.15) is 5.26 Å². The molecule has 6 nitrogen and oxygen atoms in total. The van der Waals surface area contributed by atoms with Crippen molar-refractivity contribution in [2.24, 2.45) is 0 Å². The number of thiazole rings is 1. The van der Waals surface area contributed by atoms with Gasteiger partial charge in [0.05, 0.1) is 11.4 Å². The molecule has 3 aromatic heterocycles. The highest BCUT2D eigenvalue weighted by molar-refractivity contribution is 7.15. The first kappa shape index (κ1) is 14.8. The number of halogens is 1. The van der Waals surface area contributed by atoms with Crippen LogP contribution in [0.1, 0.15) is 25.1 Å². The van der Waals surface area contributed by atoms with Gasteiger partial charge in [0.1, 0.15) is 23.1 Å². The molecule has 0 fully saturated rings. The summed E-state index contributed by atoms with van der Waals surface area (Å²) in [6, 6.07) is 3.68. The maximum atomic E-state index is 10.2. The average Bonchev–Trinajstić information content (AvgIpc) is 2.96. The first-order valence-corrected chi connectivity index (χ1v) is 7.63. The normalized spacial score (nSPS) is 11.8. The Hall–Kier alpha value is -2.14. The van der Waals surface area contributed by atoms with E-state index in [2.05, 4.69) is 9.97 Å². The summed E-state index contributed by atoms with van der Waals surface area (Å²) in [5.74, 6) is 0.0540. The van der Waals surface area contributed by atoms with Gasteiger partial charge in [0.2, 0.25) is 0 Å². The van der Waals surface area contributed by atoms with E-state index in [1.165, 1.54) is 11.3 Å².